The Labute approximate surface area is 187 Å². The van der Waals surface area contributed by atoms with Crippen molar-refractivity contribution in [2.75, 3.05) is 13.9 Å². The standard InChI is InChI=1S/C27H23FN2O2/c1-18-4-7-21(8-5-18)24-12-13-30(22-9-11-26(25(28)15-22)32-17-31-3)27(24)23-10-6-20(16-29)14-19(23)2/h4-15H,17H2,1-3H3. The Hall–Kier alpha value is -3.88. The lowest BCUT2D eigenvalue weighted by molar-refractivity contribution is 0.0483. The van der Waals surface area contributed by atoms with Gasteiger partial charge in [0, 0.05) is 36.2 Å². The van der Waals surface area contributed by atoms with Crippen molar-refractivity contribution < 1.29 is 13.9 Å². The van der Waals surface area contributed by atoms with Gasteiger partial charge in [-0.2, -0.15) is 5.26 Å². The highest BCUT2D eigenvalue weighted by molar-refractivity contribution is 5.84. The topological polar surface area (TPSA) is 47.2 Å². The van der Waals surface area contributed by atoms with Gasteiger partial charge in [-0.15, -0.1) is 0 Å². The molecule has 1 heterocycles. The molecule has 160 valence electrons. The summed E-state index contributed by atoms with van der Waals surface area (Å²) in [6, 6.07) is 23.0. The van der Waals surface area contributed by atoms with Crippen molar-refractivity contribution in [1.29, 1.82) is 5.26 Å². The number of methoxy groups -OCH3 is 1. The zero-order valence-electron chi connectivity index (χ0n) is 18.2. The second-order valence-corrected chi connectivity index (χ2v) is 7.62. The van der Waals surface area contributed by atoms with E-state index in [1.165, 1.54) is 18.7 Å². The predicted molar refractivity (Wildman–Crippen MR) is 123 cm³/mol. The first-order chi connectivity index (χ1) is 15.5. The fourth-order valence-electron chi connectivity index (χ4n) is 3.77. The van der Waals surface area contributed by atoms with Crippen LogP contribution >= 0.6 is 0 Å². The lowest BCUT2D eigenvalue weighted by Crippen LogP contribution is -2.03. The third kappa shape index (κ3) is 4.14. The largest absolute Gasteiger partial charge is 0.464 e. The molecular weight excluding hydrogens is 403 g/mol. The molecule has 4 rings (SSSR count). The molecule has 0 fully saturated rings. The number of halogens is 1. The van der Waals surface area contributed by atoms with E-state index in [-0.39, 0.29) is 12.5 Å². The molecule has 32 heavy (non-hydrogen) atoms. The number of nitriles is 1. The SMILES string of the molecule is COCOc1ccc(-n2ccc(-c3ccc(C)cc3)c2-c2ccc(C#N)cc2C)cc1F. The number of hydrogen-bond donors (Lipinski definition) is 0. The summed E-state index contributed by atoms with van der Waals surface area (Å²) in [7, 11) is 1.49. The molecule has 0 spiro atoms. The fourth-order valence-corrected chi connectivity index (χ4v) is 3.77. The Morgan fingerprint density at radius 1 is 0.938 bits per heavy atom. The predicted octanol–water partition coefficient (Wildman–Crippen LogP) is 6.42. The van der Waals surface area contributed by atoms with E-state index >= 15 is 0 Å². The van der Waals surface area contributed by atoms with Crippen LogP contribution < -0.4 is 4.74 Å². The van der Waals surface area contributed by atoms with Crippen LogP contribution in [0.1, 0.15) is 16.7 Å². The third-order valence-corrected chi connectivity index (χ3v) is 5.39. The van der Waals surface area contributed by atoms with Gasteiger partial charge in [-0.3, -0.25) is 0 Å². The van der Waals surface area contributed by atoms with Gasteiger partial charge in [0.2, 0.25) is 0 Å². The molecule has 0 aliphatic rings. The highest BCUT2D eigenvalue weighted by atomic mass is 19.1. The van der Waals surface area contributed by atoms with Crippen LogP contribution in [0, 0.1) is 31.0 Å². The van der Waals surface area contributed by atoms with Crippen molar-refractivity contribution >= 4 is 0 Å². The smallest absolute Gasteiger partial charge is 0.188 e. The summed E-state index contributed by atoms with van der Waals surface area (Å²) in [6.07, 6.45) is 1.94. The van der Waals surface area contributed by atoms with E-state index in [4.69, 9.17) is 9.47 Å². The zero-order chi connectivity index (χ0) is 22.7. The van der Waals surface area contributed by atoms with Crippen molar-refractivity contribution in [3.05, 3.63) is 95.4 Å². The number of nitrogens with zero attached hydrogens (tertiary/aromatic N) is 2. The number of benzene rings is 3. The Bertz CT molecular complexity index is 1300. The second kappa shape index (κ2) is 9.09. The summed E-state index contributed by atoms with van der Waals surface area (Å²) in [6.45, 7) is 4.01. The summed E-state index contributed by atoms with van der Waals surface area (Å²) in [5, 5.41) is 9.28. The zero-order valence-corrected chi connectivity index (χ0v) is 18.2. The van der Waals surface area contributed by atoms with Crippen LogP contribution in [0.15, 0.2) is 72.9 Å². The molecule has 0 aliphatic carbocycles. The first kappa shape index (κ1) is 21.4. The Morgan fingerprint density at radius 3 is 2.38 bits per heavy atom. The maximum Gasteiger partial charge on any atom is 0.188 e. The van der Waals surface area contributed by atoms with Gasteiger partial charge in [0.25, 0.3) is 0 Å². The highest BCUT2D eigenvalue weighted by Crippen LogP contribution is 2.37. The average Bonchev–Trinajstić information content (AvgIpc) is 3.23. The summed E-state index contributed by atoms with van der Waals surface area (Å²) < 4.78 is 26.8. The molecule has 5 heteroatoms. The van der Waals surface area contributed by atoms with Gasteiger partial charge in [0.15, 0.2) is 18.4 Å². The highest BCUT2D eigenvalue weighted by Gasteiger charge is 2.18. The van der Waals surface area contributed by atoms with Gasteiger partial charge in [-0.1, -0.05) is 35.9 Å². The molecule has 1 aromatic heterocycles. The number of ether oxygens (including phenoxy) is 2. The van der Waals surface area contributed by atoms with Gasteiger partial charge < -0.3 is 14.0 Å². The van der Waals surface area contributed by atoms with Gasteiger partial charge in [-0.05, 0) is 55.3 Å². The number of aryl methyl sites for hydroxylation is 2. The van der Waals surface area contributed by atoms with Crippen molar-refractivity contribution in [3.63, 3.8) is 0 Å². The number of hydrogen-bond acceptors (Lipinski definition) is 3. The molecule has 0 saturated carbocycles. The molecular formula is C27H23FN2O2. The Balaban J connectivity index is 1.90. The minimum Gasteiger partial charge on any atom is -0.464 e. The maximum absolute atomic E-state index is 14.7. The summed E-state index contributed by atoms with van der Waals surface area (Å²) in [5.41, 5.74) is 7.42. The summed E-state index contributed by atoms with van der Waals surface area (Å²) in [4.78, 5) is 0. The van der Waals surface area contributed by atoms with E-state index in [1.54, 1.807) is 12.1 Å². The summed E-state index contributed by atoms with van der Waals surface area (Å²) >= 11 is 0. The first-order valence-corrected chi connectivity index (χ1v) is 10.2. The lowest BCUT2D eigenvalue weighted by atomic mass is 9.96. The maximum atomic E-state index is 14.7. The minimum atomic E-state index is -0.465. The lowest BCUT2D eigenvalue weighted by Gasteiger charge is -2.16. The van der Waals surface area contributed by atoms with Crippen LogP contribution in [0.3, 0.4) is 0 Å². The second-order valence-electron chi connectivity index (χ2n) is 7.62. The van der Waals surface area contributed by atoms with Crippen molar-refractivity contribution in [3.8, 4) is 39.9 Å². The van der Waals surface area contributed by atoms with Crippen molar-refractivity contribution in [2.45, 2.75) is 13.8 Å². The normalized spacial score (nSPS) is 10.7. The van der Waals surface area contributed by atoms with E-state index in [9.17, 15) is 9.65 Å². The van der Waals surface area contributed by atoms with E-state index in [1.807, 2.05) is 42.0 Å². The van der Waals surface area contributed by atoms with Crippen LogP contribution in [0.4, 0.5) is 4.39 Å². The molecule has 3 aromatic carbocycles. The third-order valence-electron chi connectivity index (χ3n) is 5.39. The first-order valence-electron chi connectivity index (χ1n) is 10.2. The monoisotopic (exact) mass is 426 g/mol. The molecule has 0 aliphatic heterocycles. The van der Waals surface area contributed by atoms with E-state index in [0.29, 0.717) is 11.3 Å². The minimum absolute atomic E-state index is 0.0208. The molecule has 4 aromatic rings. The van der Waals surface area contributed by atoms with Gasteiger partial charge in [0.05, 0.1) is 17.3 Å². The van der Waals surface area contributed by atoms with Crippen molar-refractivity contribution in [2.24, 2.45) is 0 Å². The van der Waals surface area contributed by atoms with E-state index < -0.39 is 5.82 Å². The Morgan fingerprint density at radius 2 is 1.72 bits per heavy atom. The van der Waals surface area contributed by atoms with Crippen LogP contribution in [0.25, 0.3) is 28.1 Å². The van der Waals surface area contributed by atoms with Crippen LogP contribution in [0.2, 0.25) is 0 Å². The van der Waals surface area contributed by atoms with Gasteiger partial charge in [-0.25, -0.2) is 4.39 Å². The van der Waals surface area contributed by atoms with Gasteiger partial charge >= 0.3 is 0 Å². The van der Waals surface area contributed by atoms with Crippen LogP contribution in [0.5, 0.6) is 5.75 Å². The molecule has 4 nitrogen and oxygen atoms in total. The average molecular weight is 426 g/mol. The van der Waals surface area contributed by atoms with Crippen LogP contribution in [-0.2, 0) is 4.74 Å². The quantitative estimate of drug-likeness (QED) is 0.334. The molecule has 0 amide bonds. The molecule has 0 saturated heterocycles. The molecule has 0 bridgehead atoms. The summed E-state index contributed by atoms with van der Waals surface area (Å²) in [5.74, 6) is -0.328. The number of aromatic nitrogens is 1. The fraction of sp³-hybridized carbons (Fsp3) is 0.148. The van der Waals surface area contributed by atoms with Crippen LogP contribution in [-0.4, -0.2) is 18.5 Å². The molecule has 0 radical (unpaired) electrons. The van der Waals surface area contributed by atoms with Gasteiger partial charge in [0.1, 0.15) is 0 Å². The molecule has 0 atom stereocenters. The van der Waals surface area contributed by atoms with E-state index in [0.717, 1.165) is 27.9 Å². The number of rotatable bonds is 6. The molecule has 0 N–H and O–H groups in total. The van der Waals surface area contributed by atoms with E-state index in [2.05, 4.69) is 37.3 Å². The molecule has 0 unspecified atom stereocenters. The Kier molecular flexibility index (Phi) is 6.07. The van der Waals surface area contributed by atoms with Crippen molar-refractivity contribution in [1.82, 2.24) is 4.57 Å².